The number of carbonyl (C=O) groups is 1. The molecule has 34 heavy (non-hydrogen) atoms. The van der Waals surface area contributed by atoms with Gasteiger partial charge in [0.15, 0.2) is 0 Å². The van der Waals surface area contributed by atoms with Crippen molar-refractivity contribution in [1.29, 1.82) is 5.26 Å². The molecular weight excluding hydrogens is 444 g/mol. The Labute approximate surface area is 194 Å². The second kappa shape index (κ2) is 8.68. The van der Waals surface area contributed by atoms with Crippen LogP contribution in [0, 0.1) is 17.2 Å². The molecular formula is C23H25F2N7O2. The fraction of sp³-hybridized carbons (Fsp3) is 0.478. The number of fused-ring (bicyclic) bond motifs is 1. The molecule has 0 bridgehead atoms. The molecule has 0 spiro atoms. The number of carbonyl (C=O) groups excluding carboxylic acids is 1. The van der Waals surface area contributed by atoms with Crippen molar-refractivity contribution in [3.05, 3.63) is 36.4 Å². The van der Waals surface area contributed by atoms with Crippen LogP contribution in [0.5, 0.6) is 5.75 Å². The summed E-state index contributed by atoms with van der Waals surface area (Å²) in [5.41, 5.74) is 2.74. The molecule has 2 aliphatic rings. The fourth-order valence-electron chi connectivity index (χ4n) is 4.88. The zero-order chi connectivity index (χ0) is 23.9. The summed E-state index contributed by atoms with van der Waals surface area (Å²) in [5, 5.41) is 20.7. The second-order valence-electron chi connectivity index (χ2n) is 8.80. The lowest BCUT2D eigenvalue weighted by Gasteiger charge is -2.38. The maximum Gasteiger partial charge on any atom is 0.271 e. The maximum absolute atomic E-state index is 14.2. The number of aromatic nitrogens is 4. The Morgan fingerprint density at radius 2 is 2.00 bits per heavy atom. The summed E-state index contributed by atoms with van der Waals surface area (Å²) in [6, 6.07) is 4.04. The molecule has 5 heterocycles. The van der Waals surface area contributed by atoms with Gasteiger partial charge in [-0.1, -0.05) is 0 Å². The van der Waals surface area contributed by atoms with Crippen LogP contribution in [-0.4, -0.2) is 69.4 Å². The van der Waals surface area contributed by atoms with Crippen molar-refractivity contribution >= 4 is 11.4 Å². The minimum Gasteiger partial charge on any atom is -0.494 e. The molecule has 1 N–H and O–H groups in total. The molecule has 2 fully saturated rings. The SMILES string of the molecule is COc1cc(-c2cnn(C3CCN(C(=O)C4CCNCC4(F)F)CC3)c2)cn2ncc(C#N)c12. The first kappa shape index (κ1) is 22.3. The third-order valence-electron chi connectivity index (χ3n) is 6.78. The van der Waals surface area contributed by atoms with E-state index in [4.69, 9.17) is 4.74 Å². The quantitative estimate of drug-likeness (QED) is 0.630. The van der Waals surface area contributed by atoms with Gasteiger partial charge < -0.3 is 15.0 Å². The molecule has 178 valence electrons. The molecule has 1 atom stereocenters. The van der Waals surface area contributed by atoms with Crippen LogP contribution in [-0.2, 0) is 4.79 Å². The van der Waals surface area contributed by atoms with Crippen LogP contribution in [0.3, 0.4) is 0 Å². The number of methoxy groups -OCH3 is 1. The van der Waals surface area contributed by atoms with Crippen molar-refractivity contribution in [2.45, 2.75) is 31.2 Å². The molecule has 0 saturated carbocycles. The monoisotopic (exact) mass is 469 g/mol. The highest BCUT2D eigenvalue weighted by molar-refractivity contribution is 5.80. The largest absolute Gasteiger partial charge is 0.494 e. The van der Waals surface area contributed by atoms with Crippen molar-refractivity contribution in [3.63, 3.8) is 0 Å². The molecule has 1 unspecified atom stereocenters. The van der Waals surface area contributed by atoms with Gasteiger partial charge in [0.05, 0.1) is 32.1 Å². The number of likely N-dealkylation sites (tertiary alicyclic amines) is 1. The molecule has 11 heteroatoms. The summed E-state index contributed by atoms with van der Waals surface area (Å²) in [4.78, 5) is 14.3. The molecule has 0 radical (unpaired) electrons. The highest BCUT2D eigenvalue weighted by Gasteiger charge is 2.47. The lowest BCUT2D eigenvalue weighted by Crippen LogP contribution is -2.54. The predicted octanol–water partition coefficient (Wildman–Crippen LogP) is 2.49. The van der Waals surface area contributed by atoms with Crippen molar-refractivity contribution in [2.75, 3.05) is 33.3 Å². The minimum atomic E-state index is -3.01. The number of nitrogens with zero attached hydrogens (tertiary/aromatic N) is 6. The van der Waals surface area contributed by atoms with Crippen molar-refractivity contribution in [3.8, 4) is 22.9 Å². The van der Waals surface area contributed by atoms with E-state index in [-0.39, 0.29) is 12.5 Å². The number of ether oxygens (including phenoxy) is 1. The van der Waals surface area contributed by atoms with Gasteiger partial charge in [-0.3, -0.25) is 9.48 Å². The summed E-state index contributed by atoms with van der Waals surface area (Å²) >= 11 is 0. The standard InChI is InChI=1S/C23H25F2N7O2/c1-34-20-8-15(12-32-21(20)16(9-26)10-29-32)17-11-28-31(13-17)18-3-6-30(7-4-18)22(33)19-2-5-27-14-23(19,24)25/h8,10-13,18-19,27H,2-7,14H2,1H3. The zero-order valence-electron chi connectivity index (χ0n) is 18.7. The number of pyridine rings is 1. The highest BCUT2D eigenvalue weighted by atomic mass is 19.3. The Kier molecular flexibility index (Phi) is 5.69. The van der Waals surface area contributed by atoms with Crippen molar-refractivity contribution in [1.82, 2.24) is 29.6 Å². The van der Waals surface area contributed by atoms with Gasteiger partial charge in [0.1, 0.15) is 28.8 Å². The molecule has 0 aliphatic carbocycles. The van der Waals surface area contributed by atoms with Gasteiger partial charge in [0.2, 0.25) is 5.91 Å². The average Bonchev–Trinajstić information content (AvgIpc) is 3.50. The lowest BCUT2D eigenvalue weighted by atomic mass is 9.91. The molecule has 2 saturated heterocycles. The smallest absolute Gasteiger partial charge is 0.271 e. The third kappa shape index (κ3) is 3.88. The molecule has 0 aromatic carbocycles. The van der Waals surface area contributed by atoms with Crippen molar-refractivity contribution < 1.29 is 18.3 Å². The number of nitriles is 1. The first-order valence-corrected chi connectivity index (χ1v) is 11.3. The summed E-state index contributed by atoms with van der Waals surface area (Å²) in [6.45, 7) is 0.861. The molecule has 3 aromatic heterocycles. The average molecular weight is 469 g/mol. The van der Waals surface area contributed by atoms with E-state index >= 15 is 0 Å². The number of nitrogens with one attached hydrogen (secondary N) is 1. The van der Waals surface area contributed by atoms with Crippen molar-refractivity contribution in [2.24, 2.45) is 5.92 Å². The number of hydrogen-bond donors (Lipinski definition) is 1. The Morgan fingerprint density at radius 3 is 2.71 bits per heavy atom. The number of amides is 1. The zero-order valence-corrected chi connectivity index (χ0v) is 18.7. The molecule has 5 rings (SSSR count). The summed E-state index contributed by atoms with van der Waals surface area (Å²) in [6.07, 6.45) is 8.46. The number of piperidine rings is 2. The normalized spacial score (nSPS) is 20.9. The van der Waals surface area contributed by atoms with E-state index in [1.54, 1.807) is 22.7 Å². The van der Waals surface area contributed by atoms with Gasteiger partial charge in [-0.15, -0.1) is 0 Å². The van der Waals surface area contributed by atoms with Gasteiger partial charge in [-0.25, -0.2) is 13.3 Å². The van der Waals surface area contributed by atoms with Gasteiger partial charge in [-0.2, -0.15) is 15.5 Å². The Hall–Kier alpha value is -3.52. The van der Waals surface area contributed by atoms with E-state index in [0.29, 0.717) is 49.3 Å². The van der Waals surface area contributed by atoms with Crippen LogP contribution in [0.1, 0.15) is 30.9 Å². The molecule has 1 amide bonds. The number of alkyl halides is 2. The van der Waals surface area contributed by atoms with Crippen LogP contribution in [0.2, 0.25) is 0 Å². The Balaban J connectivity index is 1.29. The summed E-state index contributed by atoms with van der Waals surface area (Å²) < 4.78 is 37.4. The Bertz CT molecular complexity index is 1250. The summed E-state index contributed by atoms with van der Waals surface area (Å²) in [7, 11) is 1.55. The minimum absolute atomic E-state index is 0.0758. The van der Waals surface area contributed by atoms with E-state index in [1.165, 1.54) is 6.20 Å². The number of hydrogen-bond acceptors (Lipinski definition) is 6. The van der Waals surface area contributed by atoms with Crippen LogP contribution < -0.4 is 10.1 Å². The first-order valence-electron chi connectivity index (χ1n) is 11.3. The first-order chi connectivity index (χ1) is 16.4. The fourth-order valence-corrected chi connectivity index (χ4v) is 4.88. The van der Waals surface area contributed by atoms with Gasteiger partial charge >= 0.3 is 0 Å². The Morgan fingerprint density at radius 1 is 1.21 bits per heavy atom. The van der Waals surface area contributed by atoms with E-state index in [0.717, 1.165) is 11.1 Å². The number of halogens is 2. The van der Waals surface area contributed by atoms with E-state index in [1.807, 2.05) is 23.1 Å². The highest BCUT2D eigenvalue weighted by Crippen LogP contribution is 2.34. The molecule has 2 aliphatic heterocycles. The van der Waals surface area contributed by atoms with Crippen LogP contribution in [0.25, 0.3) is 16.6 Å². The van der Waals surface area contributed by atoms with Crippen LogP contribution in [0.15, 0.2) is 30.9 Å². The van der Waals surface area contributed by atoms with E-state index in [9.17, 15) is 18.8 Å². The third-order valence-corrected chi connectivity index (χ3v) is 6.78. The maximum atomic E-state index is 14.2. The number of rotatable bonds is 4. The second-order valence-corrected chi connectivity index (χ2v) is 8.80. The molecule has 9 nitrogen and oxygen atoms in total. The summed E-state index contributed by atoms with van der Waals surface area (Å²) in [5.74, 6) is -4.15. The van der Waals surface area contributed by atoms with Gasteiger partial charge in [0, 0.05) is 36.6 Å². The molecule has 3 aromatic rings. The van der Waals surface area contributed by atoms with Gasteiger partial charge in [0.25, 0.3) is 5.92 Å². The predicted molar refractivity (Wildman–Crippen MR) is 118 cm³/mol. The van der Waals surface area contributed by atoms with Crippen LogP contribution >= 0.6 is 0 Å². The van der Waals surface area contributed by atoms with E-state index in [2.05, 4.69) is 21.6 Å². The van der Waals surface area contributed by atoms with E-state index < -0.39 is 24.3 Å². The van der Waals surface area contributed by atoms with Crippen LogP contribution in [0.4, 0.5) is 8.78 Å². The lowest BCUT2D eigenvalue weighted by molar-refractivity contribution is -0.154. The topological polar surface area (TPSA) is 100 Å². The van der Waals surface area contributed by atoms with Gasteiger partial charge in [-0.05, 0) is 31.9 Å².